The molecule has 0 fully saturated rings. The van der Waals surface area contributed by atoms with Crippen molar-refractivity contribution in [1.29, 1.82) is 0 Å². The van der Waals surface area contributed by atoms with Crippen LogP contribution in [0.25, 0.3) is 10.8 Å². The Morgan fingerprint density at radius 1 is 1.17 bits per heavy atom. The highest BCUT2D eigenvalue weighted by molar-refractivity contribution is 7.86. The van der Waals surface area contributed by atoms with E-state index in [-0.39, 0.29) is 5.75 Å². The minimum atomic E-state index is -4.45. The van der Waals surface area contributed by atoms with Gasteiger partial charge in [-0.2, -0.15) is 8.42 Å². The highest BCUT2D eigenvalue weighted by Crippen LogP contribution is 2.32. The van der Waals surface area contributed by atoms with Crippen molar-refractivity contribution in [2.45, 2.75) is 11.8 Å². The summed E-state index contributed by atoms with van der Waals surface area (Å²) in [7, 11) is -4.45. The highest BCUT2D eigenvalue weighted by atomic mass is 32.2. The number of fused-ring (bicyclic) bond motifs is 1. The quantitative estimate of drug-likeness (QED) is 0.511. The van der Waals surface area contributed by atoms with Gasteiger partial charge in [-0.15, -0.1) is 0 Å². The van der Waals surface area contributed by atoms with E-state index in [2.05, 4.69) is 0 Å². The lowest BCUT2D eigenvalue weighted by Gasteiger charge is -2.10. The first-order chi connectivity index (χ1) is 8.39. The minimum absolute atomic E-state index is 0.150. The number of carbonyl (C=O) groups excluding carboxylic acids is 1. The van der Waals surface area contributed by atoms with Crippen LogP contribution in [0.2, 0.25) is 0 Å². The molecule has 2 aromatic rings. The molecule has 2 aromatic carbocycles. The zero-order valence-electron chi connectivity index (χ0n) is 9.45. The first-order valence-corrected chi connectivity index (χ1v) is 6.51. The summed E-state index contributed by atoms with van der Waals surface area (Å²) in [5, 5.41) is 1.16. The van der Waals surface area contributed by atoms with Crippen LogP contribution >= 0.6 is 0 Å². The molecule has 0 heterocycles. The van der Waals surface area contributed by atoms with Gasteiger partial charge in [-0.1, -0.05) is 30.3 Å². The number of esters is 1. The van der Waals surface area contributed by atoms with E-state index in [1.54, 1.807) is 24.3 Å². The van der Waals surface area contributed by atoms with Gasteiger partial charge in [0.25, 0.3) is 10.1 Å². The van der Waals surface area contributed by atoms with E-state index in [0.29, 0.717) is 10.8 Å². The molecule has 94 valence electrons. The molecule has 0 unspecified atom stereocenters. The Bertz CT molecular complexity index is 718. The largest absolute Gasteiger partial charge is 0.425 e. The maximum atomic E-state index is 11.2. The molecule has 0 saturated heterocycles. The fourth-order valence-corrected chi connectivity index (χ4v) is 2.30. The standard InChI is InChI=1S/C12H10O5S/c1-8(13)17-12-10-5-3-2-4-9(10)6-7-11(12)18(14,15)16/h2-7H,1H3,(H,14,15,16). The van der Waals surface area contributed by atoms with E-state index in [1.165, 1.54) is 12.1 Å². The third kappa shape index (κ3) is 2.34. The molecule has 1 N–H and O–H groups in total. The molecule has 5 nitrogen and oxygen atoms in total. The Labute approximate surface area is 104 Å². The van der Waals surface area contributed by atoms with Crippen LogP contribution in [0, 0.1) is 0 Å². The first kappa shape index (κ1) is 12.5. The molecule has 0 spiro atoms. The molecular weight excluding hydrogens is 256 g/mol. The van der Waals surface area contributed by atoms with Crippen molar-refractivity contribution in [3.8, 4) is 5.75 Å². The van der Waals surface area contributed by atoms with Crippen molar-refractivity contribution in [3.05, 3.63) is 36.4 Å². The van der Waals surface area contributed by atoms with Crippen LogP contribution in [0.1, 0.15) is 6.92 Å². The number of hydrogen-bond donors (Lipinski definition) is 1. The number of carbonyl (C=O) groups is 1. The highest BCUT2D eigenvalue weighted by Gasteiger charge is 2.20. The van der Waals surface area contributed by atoms with E-state index in [4.69, 9.17) is 9.29 Å². The van der Waals surface area contributed by atoms with Crippen molar-refractivity contribution >= 4 is 26.9 Å². The molecule has 0 aliphatic carbocycles. The SMILES string of the molecule is CC(=O)Oc1c(S(=O)(=O)O)ccc2ccccc12. The second kappa shape index (κ2) is 4.40. The lowest BCUT2D eigenvalue weighted by atomic mass is 10.1. The van der Waals surface area contributed by atoms with Crippen LogP contribution in [0.15, 0.2) is 41.3 Å². The lowest BCUT2D eigenvalue weighted by Crippen LogP contribution is -2.08. The predicted octanol–water partition coefficient (Wildman–Crippen LogP) is 2.01. The van der Waals surface area contributed by atoms with Gasteiger partial charge in [0.05, 0.1) is 0 Å². The molecule has 0 atom stereocenters. The summed E-state index contributed by atoms with van der Waals surface area (Å²) in [5.41, 5.74) is 0. The van der Waals surface area contributed by atoms with Crippen molar-refractivity contribution in [2.75, 3.05) is 0 Å². The summed E-state index contributed by atoms with van der Waals surface area (Å²) < 4.78 is 36.5. The predicted molar refractivity (Wildman–Crippen MR) is 65.1 cm³/mol. The first-order valence-electron chi connectivity index (χ1n) is 5.07. The third-order valence-electron chi connectivity index (χ3n) is 2.37. The molecule has 0 amide bonds. The van der Waals surface area contributed by atoms with Gasteiger partial charge in [0.2, 0.25) is 0 Å². The van der Waals surface area contributed by atoms with Crippen LogP contribution in [0.4, 0.5) is 0 Å². The fourth-order valence-electron chi connectivity index (χ4n) is 1.68. The Balaban J connectivity index is 2.83. The van der Waals surface area contributed by atoms with Crippen molar-refractivity contribution < 1.29 is 22.5 Å². The van der Waals surface area contributed by atoms with Crippen LogP contribution in [0.5, 0.6) is 5.75 Å². The van der Waals surface area contributed by atoms with Crippen molar-refractivity contribution in [1.82, 2.24) is 0 Å². The molecule has 0 saturated carbocycles. The molecule has 18 heavy (non-hydrogen) atoms. The maximum Gasteiger partial charge on any atom is 0.308 e. The van der Waals surface area contributed by atoms with Crippen LogP contribution in [-0.2, 0) is 14.9 Å². The third-order valence-corrected chi connectivity index (χ3v) is 3.24. The summed E-state index contributed by atoms with van der Waals surface area (Å²) in [6.45, 7) is 1.16. The summed E-state index contributed by atoms with van der Waals surface area (Å²) >= 11 is 0. The Hall–Kier alpha value is -1.92. The normalized spacial score (nSPS) is 11.4. The van der Waals surface area contributed by atoms with Gasteiger partial charge in [0, 0.05) is 12.3 Å². The van der Waals surface area contributed by atoms with E-state index in [9.17, 15) is 13.2 Å². The van der Waals surface area contributed by atoms with Crippen LogP contribution in [0.3, 0.4) is 0 Å². The van der Waals surface area contributed by atoms with Gasteiger partial charge in [-0.25, -0.2) is 0 Å². The van der Waals surface area contributed by atoms with Crippen molar-refractivity contribution in [2.24, 2.45) is 0 Å². The van der Waals surface area contributed by atoms with E-state index >= 15 is 0 Å². The van der Waals surface area contributed by atoms with Gasteiger partial charge in [-0.05, 0) is 11.5 Å². The number of hydrogen-bond acceptors (Lipinski definition) is 4. The van der Waals surface area contributed by atoms with Gasteiger partial charge in [0.15, 0.2) is 5.75 Å². The Morgan fingerprint density at radius 2 is 1.83 bits per heavy atom. The van der Waals surface area contributed by atoms with Gasteiger partial charge >= 0.3 is 5.97 Å². The molecule has 2 rings (SSSR count). The average molecular weight is 266 g/mol. The number of rotatable bonds is 2. The molecule has 0 aromatic heterocycles. The summed E-state index contributed by atoms with van der Waals surface area (Å²) in [4.78, 5) is 10.6. The Morgan fingerprint density at radius 3 is 2.44 bits per heavy atom. The molecule has 6 heteroatoms. The average Bonchev–Trinajstić information content (AvgIpc) is 2.27. The smallest absolute Gasteiger partial charge is 0.308 e. The number of benzene rings is 2. The van der Waals surface area contributed by atoms with Gasteiger partial charge in [-0.3, -0.25) is 9.35 Å². The topological polar surface area (TPSA) is 80.7 Å². The summed E-state index contributed by atoms with van der Waals surface area (Å²) in [6.07, 6.45) is 0. The molecular formula is C12H10O5S. The second-order valence-electron chi connectivity index (χ2n) is 3.68. The Kier molecular flexibility index (Phi) is 3.06. The van der Waals surface area contributed by atoms with Gasteiger partial charge < -0.3 is 4.74 Å². The maximum absolute atomic E-state index is 11.2. The zero-order chi connectivity index (χ0) is 13.3. The summed E-state index contributed by atoms with van der Waals surface area (Å²) in [6, 6.07) is 9.55. The second-order valence-corrected chi connectivity index (χ2v) is 5.07. The molecule has 0 aliphatic rings. The van der Waals surface area contributed by atoms with E-state index in [0.717, 1.165) is 6.92 Å². The van der Waals surface area contributed by atoms with E-state index < -0.39 is 21.0 Å². The molecule has 0 radical (unpaired) electrons. The van der Waals surface area contributed by atoms with E-state index in [1.807, 2.05) is 0 Å². The summed E-state index contributed by atoms with van der Waals surface area (Å²) in [5.74, 6) is -0.806. The number of ether oxygens (including phenoxy) is 1. The van der Waals surface area contributed by atoms with Crippen LogP contribution < -0.4 is 4.74 Å². The zero-order valence-corrected chi connectivity index (χ0v) is 10.3. The fraction of sp³-hybridized carbons (Fsp3) is 0.0833. The molecule has 0 bridgehead atoms. The van der Waals surface area contributed by atoms with Gasteiger partial charge in [0.1, 0.15) is 4.90 Å². The van der Waals surface area contributed by atoms with Crippen molar-refractivity contribution in [3.63, 3.8) is 0 Å². The van der Waals surface area contributed by atoms with Crippen LogP contribution in [-0.4, -0.2) is 18.9 Å². The monoisotopic (exact) mass is 266 g/mol. The molecule has 0 aliphatic heterocycles. The minimum Gasteiger partial charge on any atom is -0.425 e. The lowest BCUT2D eigenvalue weighted by molar-refractivity contribution is -0.131.